The number of hydrogen-bond acceptors (Lipinski definition) is 3. The quantitative estimate of drug-likeness (QED) is 0.821. The summed E-state index contributed by atoms with van der Waals surface area (Å²) < 4.78 is 5.57. The normalized spacial score (nSPS) is 16.3. The van der Waals surface area contributed by atoms with Gasteiger partial charge >= 0.3 is 0 Å². The van der Waals surface area contributed by atoms with Gasteiger partial charge in [-0.2, -0.15) is 0 Å². The van der Waals surface area contributed by atoms with Crippen LogP contribution in [0.5, 0.6) is 5.75 Å². The fourth-order valence-corrected chi connectivity index (χ4v) is 2.66. The molecule has 0 bridgehead atoms. The van der Waals surface area contributed by atoms with E-state index in [-0.39, 0.29) is 18.6 Å². The van der Waals surface area contributed by atoms with Gasteiger partial charge in [-0.1, -0.05) is 12.1 Å². The Morgan fingerprint density at radius 2 is 2.09 bits per heavy atom. The van der Waals surface area contributed by atoms with E-state index in [1.165, 1.54) is 11.1 Å². The maximum absolute atomic E-state index is 12.0. The summed E-state index contributed by atoms with van der Waals surface area (Å²) in [5.41, 5.74) is 2.40. The van der Waals surface area contributed by atoms with Crippen molar-refractivity contribution in [1.29, 1.82) is 0 Å². The second-order valence-corrected chi connectivity index (χ2v) is 5.97. The molecule has 0 atom stereocenters. The Kier molecular flexibility index (Phi) is 6.01. The van der Waals surface area contributed by atoms with E-state index in [9.17, 15) is 4.79 Å². The van der Waals surface area contributed by atoms with Crippen molar-refractivity contribution in [2.45, 2.75) is 32.7 Å². The van der Waals surface area contributed by atoms with Gasteiger partial charge in [0.2, 0.25) is 0 Å². The van der Waals surface area contributed by atoms with Crippen LogP contribution in [-0.4, -0.2) is 43.1 Å². The molecular formula is C18H26N2O2. The first kappa shape index (κ1) is 16.6. The lowest BCUT2D eigenvalue weighted by molar-refractivity contribution is -0.124. The number of carbonyl (C=O) groups excluding carboxylic acids is 1. The Bertz CT molecular complexity index is 520. The van der Waals surface area contributed by atoms with Gasteiger partial charge in [0.1, 0.15) is 5.75 Å². The molecule has 4 nitrogen and oxygen atoms in total. The number of benzene rings is 1. The van der Waals surface area contributed by atoms with Gasteiger partial charge in [-0.3, -0.25) is 9.69 Å². The molecule has 1 aliphatic rings. The maximum atomic E-state index is 12.0. The third-order valence-electron chi connectivity index (χ3n) is 4.19. The first-order chi connectivity index (χ1) is 10.6. The fourth-order valence-electron chi connectivity index (χ4n) is 2.66. The lowest BCUT2D eigenvalue weighted by Crippen LogP contribution is -2.45. The number of rotatable bonds is 6. The van der Waals surface area contributed by atoms with Crippen LogP contribution >= 0.6 is 0 Å². The summed E-state index contributed by atoms with van der Waals surface area (Å²) in [6.07, 6.45) is 3.91. The average molecular weight is 302 g/mol. The first-order valence-electron chi connectivity index (χ1n) is 7.91. The molecule has 1 saturated heterocycles. The molecule has 1 N–H and O–H groups in total. The minimum Gasteiger partial charge on any atom is -0.484 e. The number of aryl methyl sites for hydroxylation is 2. The molecule has 1 aromatic carbocycles. The van der Waals surface area contributed by atoms with Crippen LogP contribution in [0.15, 0.2) is 30.9 Å². The molecule has 2 rings (SSSR count). The zero-order valence-electron chi connectivity index (χ0n) is 13.6. The number of amides is 1. The van der Waals surface area contributed by atoms with Crippen LogP contribution in [-0.2, 0) is 4.79 Å². The van der Waals surface area contributed by atoms with E-state index in [0.717, 1.165) is 38.2 Å². The van der Waals surface area contributed by atoms with Crippen molar-refractivity contribution in [1.82, 2.24) is 10.2 Å². The molecule has 1 aliphatic heterocycles. The molecule has 0 aromatic heterocycles. The summed E-state index contributed by atoms with van der Waals surface area (Å²) in [5.74, 6) is 0.708. The number of hydrogen-bond donors (Lipinski definition) is 1. The summed E-state index contributed by atoms with van der Waals surface area (Å²) >= 11 is 0. The Balaban J connectivity index is 1.72. The number of nitrogens with zero attached hydrogens (tertiary/aromatic N) is 1. The van der Waals surface area contributed by atoms with Gasteiger partial charge in [0, 0.05) is 25.7 Å². The standard InChI is InChI=1S/C18H26N2O2/c1-4-9-20-10-7-16(8-11-20)19-18(21)13-22-17-6-5-14(2)15(3)12-17/h4-6,12,16H,1,7-11,13H2,2-3H3,(H,19,21). The van der Waals surface area contributed by atoms with Crippen molar-refractivity contribution in [3.05, 3.63) is 42.0 Å². The molecule has 0 saturated carbocycles. The molecule has 22 heavy (non-hydrogen) atoms. The molecule has 0 radical (unpaired) electrons. The summed E-state index contributed by atoms with van der Waals surface area (Å²) in [6.45, 7) is 10.9. The Hall–Kier alpha value is -1.81. The monoisotopic (exact) mass is 302 g/mol. The molecule has 1 fully saturated rings. The van der Waals surface area contributed by atoms with Gasteiger partial charge in [-0.05, 0) is 49.9 Å². The highest BCUT2D eigenvalue weighted by Gasteiger charge is 2.19. The second-order valence-electron chi connectivity index (χ2n) is 5.97. The minimum atomic E-state index is -0.0413. The van der Waals surface area contributed by atoms with E-state index < -0.39 is 0 Å². The highest BCUT2D eigenvalue weighted by atomic mass is 16.5. The van der Waals surface area contributed by atoms with Gasteiger partial charge in [0.25, 0.3) is 5.91 Å². The van der Waals surface area contributed by atoms with Crippen LogP contribution in [0.1, 0.15) is 24.0 Å². The number of nitrogens with one attached hydrogen (secondary N) is 1. The van der Waals surface area contributed by atoms with Crippen LogP contribution in [0.25, 0.3) is 0 Å². The predicted octanol–water partition coefficient (Wildman–Crippen LogP) is 2.45. The number of likely N-dealkylation sites (tertiary alicyclic amines) is 1. The highest BCUT2D eigenvalue weighted by molar-refractivity contribution is 5.77. The predicted molar refractivity (Wildman–Crippen MR) is 89.2 cm³/mol. The topological polar surface area (TPSA) is 41.6 Å². The Morgan fingerprint density at radius 3 is 2.73 bits per heavy atom. The lowest BCUT2D eigenvalue weighted by Gasteiger charge is -2.31. The molecule has 120 valence electrons. The lowest BCUT2D eigenvalue weighted by atomic mass is 10.1. The van der Waals surface area contributed by atoms with Crippen LogP contribution in [0.3, 0.4) is 0 Å². The van der Waals surface area contributed by atoms with Gasteiger partial charge < -0.3 is 10.1 Å². The smallest absolute Gasteiger partial charge is 0.258 e. The fraction of sp³-hybridized carbons (Fsp3) is 0.500. The number of ether oxygens (including phenoxy) is 1. The van der Waals surface area contributed by atoms with Crippen molar-refractivity contribution < 1.29 is 9.53 Å². The maximum Gasteiger partial charge on any atom is 0.258 e. The van der Waals surface area contributed by atoms with E-state index in [4.69, 9.17) is 4.74 Å². The number of piperidine rings is 1. The molecule has 0 unspecified atom stereocenters. The zero-order valence-corrected chi connectivity index (χ0v) is 13.6. The molecule has 1 amide bonds. The van der Waals surface area contributed by atoms with Gasteiger partial charge in [-0.15, -0.1) is 6.58 Å². The van der Waals surface area contributed by atoms with Crippen molar-refractivity contribution in [3.8, 4) is 5.75 Å². The molecule has 0 spiro atoms. The van der Waals surface area contributed by atoms with Crippen LogP contribution in [0, 0.1) is 13.8 Å². The summed E-state index contributed by atoms with van der Waals surface area (Å²) in [7, 11) is 0. The largest absolute Gasteiger partial charge is 0.484 e. The Morgan fingerprint density at radius 1 is 1.36 bits per heavy atom. The summed E-state index contributed by atoms with van der Waals surface area (Å²) in [5, 5.41) is 3.06. The van der Waals surface area contributed by atoms with E-state index in [0.29, 0.717) is 0 Å². The van der Waals surface area contributed by atoms with Crippen LogP contribution < -0.4 is 10.1 Å². The average Bonchev–Trinajstić information content (AvgIpc) is 2.51. The molecule has 4 heteroatoms. The zero-order chi connectivity index (χ0) is 15.9. The SMILES string of the molecule is C=CCN1CCC(NC(=O)COc2ccc(C)c(C)c2)CC1. The van der Waals surface area contributed by atoms with E-state index in [1.54, 1.807) is 0 Å². The van der Waals surface area contributed by atoms with Crippen LogP contribution in [0.4, 0.5) is 0 Å². The molecule has 1 aromatic rings. The van der Waals surface area contributed by atoms with Crippen LogP contribution in [0.2, 0.25) is 0 Å². The van der Waals surface area contributed by atoms with Gasteiger partial charge in [0.05, 0.1) is 0 Å². The second kappa shape index (κ2) is 7.99. The van der Waals surface area contributed by atoms with Crippen molar-refractivity contribution >= 4 is 5.91 Å². The van der Waals surface area contributed by atoms with Gasteiger partial charge in [-0.25, -0.2) is 0 Å². The third kappa shape index (κ3) is 4.88. The summed E-state index contributed by atoms with van der Waals surface area (Å²) in [4.78, 5) is 14.3. The van der Waals surface area contributed by atoms with E-state index in [2.05, 4.69) is 23.7 Å². The van der Waals surface area contributed by atoms with Crippen molar-refractivity contribution in [2.75, 3.05) is 26.2 Å². The minimum absolute atomic E-state index is 0.0413. The van der Waals surface area contributed by atoms with Crippen molar-refractivity contribution in [3.63, 3.8) is 0 Å². The number of carbonyl (C=O) groups is 1. The van der Waals surface area contributed by atoms with Crippen molar-refractivity contribution in [2.24, 2.45) is 0 Å². The van der Waals surface area contributed by atoms with E-state index in [1.807, 2.05) is 31.2 Å². The van der Waals surface area contributed by atoms with Gasteiger partial charge in [0.15, 0.2) is 6.61 Å². The Labute approximate surface area is 133 Å². The molecular weight excluding hydrogens is 276 g/mol. The van der Waals surface area contributed by atoms with E-state index >= 15 is 0 Å². The third-order valence-corrected chi connectivity index (χ3v) is 4.19. The summed E-state index contributed by atoms with van der Waals surface area (Å²) in [6, 6.07) is 6.15. The highest BCUT2D eigenvalue weighted by Crippen LogP contribution is 2.16. The molecule has 1 heterocycles. The first-order valence-corrected chi connectivity index (χ1v) is 7.91. The molecule has 0 aliphatic carbocycles.